The van der Waals surface area contributed by atoms with E-state index in [9.17, 15) is 4.79 Å². The van der Waals surface area contributed by atoms with Gasteiger partial charge in [0.25, 0.3) is 5.91 Å². The van der Waals surface area contributed by atoms with Crippen molar-refractivity contribution in [2.45, 2.75) is 13.0 Å². The molecule has 8 heteroatoms. The Labute approximate surface area is 194 Å². The fraction of sp³-hybridized carbons (Fsp3) is 0.360. The third kappa shape index (κ3) is 6.57. The monoisotopic (exact) mass is 447 g/mol. The van der Waals surface area contributed by atoms with Gasteiger partial charge in [-0.2, -0.15) is 0 Å². The first-order valence-corrected chi connectivity index (χ1v) is 11.1. The number of hydrogen-bond acceptors (Lipinski definition) is 7. The number of aromatic nitrogens is 3. The van der Waals surface area contributed by atoms with Gasteiger partial charge in [-0.15, -0.1) is 0 Å². The number of ether oxygens (including phenoxy) is 2. The van der Waals surface area contributed by atoms with Gasteiger partial charge in [0.1, 0.15) is 5.75 Å². The van der Waals surface area contributed by atoms with E-state index in [1.54, 1.807) is 36.7 Å². The number of carbonyl (C=O) groups is 1. The number of pyridine rings is 1. The van der Waals surface area contributed by atoms with Crippen molar-refractivity contribution in [3.63, 3.8) is 0 Å². The zero-order valence-electron chi connectivity index (χ0n) is 18.9. The molecule has 0 unspecified atom stereocenters. The smallest absolute Gasteiger partial charge is 0.260 e. The second-order valence-corrected chi connectivity index (χ2v) is 7.98. The Hall–Kier alpha value is -3.36. The number of amides is 1. The maximum atomic E-state index is 12.7. The fourth-order valence-corrected chi connectivity index (χ4v) is 3.65. The largest absolute Gasteiger partial charge is 0.483 e. The normalized spacial score (nSPS) is 14.1. The van der Waals surface area contributed by atoms with Crippen LogP contribution in [0, 0.1) is 0 Å². The van der Waals surface area contributed by atoms with Gasteiger partial charge in [0.15, 0.2) is 6.61 Å². The van der Waals surface area contributed by atoms with Crippen molar-refractivity contribution in [2.24, 2.45) is 0 Å². The summed E-state index contributed by atoms with van der Waals surface area (Å²) in [6.45, 7) is 4.47. The molecule has 3 aromatic rings. The minimum atomic E-state index is -0.0683. The van der Waals surface area contributed by atoms with E-state index in [0.29, 0.717) is 18.7 Å². The molecule has 0 aliphatic carbocycles. The van der Waals surface area contributed by atoms with E-state index >= 15 is 0 Å². The van der Waals surface area contributed by atoms with Gasteiger partial charge in [0.2, 0.25) is 0 Å². The highest BCUT2D eigenvalue weighted by Gasteiger charge is 2.17. The summed E-state index contributed by atoms with van der Waals surface area (Å²) in [4.78, 5) is 29.6. The van der Waals surface area contributed by atoms with Crippen LogP contribution in [0.3, 0.4) is 0 Å². The summed E-state index contributed by atoms with van der Waals surface area (Å²) in [5.74, 6) is 0.641. The minimum absolute atomic E-state index is 0.0146. The van der Waals surface area contributed by atoms with Crippen LogP contribution in [-0.4, -0.2) is 77.2 Å². The topological polar surface area (TPSA) is 80.7 Å². The molecule has 2 aromatic heterocycles. The van der Waals surface area contributed by atoms with Gasteiger partial charge in [-0.1, -0.05) is 6.07 Å². The highest BCUT2D eigenvalue weighted by Crippen LogP contribution is 2.27. The first-order chi connectivity index (χ1) is 16.2. The lowest BCUT2D eigenvalue weighted by molar-refractivity contribution is -0.132. The van der Waals surface area contributed by atoms with Gasteiger partial charge in [-0.05, 0) is 30.3 Å². The van der Waals surface area contributed by atoms with Gasteiger partial charge in [0.05, 0.1) is 25.1 Å². The van der Waals surface area contributed by atoms with Crippen molar-refractivity contribution in [3.8, 4) is 17.0 Å². The summed E-state index contributed by atoms with van der Waals surface area (Å²) < 4.78 is 11.5. The van der Waals surface area contributed by atoms with E-state index in [-0.39, 0.29) is 12.5 Å². The summed E-state index contributed by atoms with van der Waals surface area (Å²) in [5, 5.41) is 0. The van der Waals surface area contributed by atoms with E-state index in [0.717, 1.165) is 55.4 Å². The predicted octanol–water partition coefficient (Wildman–Crippen LogP) is 2.45. The molecule has 1 fully saturated rings. The molecule has 1 aromatic carbocycles. The molecule has 1 aliphatic heterocycles. The van der Waals surface area contributed by atoms with Crippen molar-refractivity contribution in [3.05, 3.63) is 72.4 Å². The zero-order chi connectivity index (χ0) is 22.9. The molecule has 3 heterocycles. The molecular formula is C25H29N5O3. The van der Waals surface area contributed by atoms with Crippen molar-refractivity contribution in [1.82, 2.24) is 24.8 Å². The molecule has 0 atom stereocenters. The molecule has 8 nitrogen and oxygen atoms in total. The lowest BCUT2D eigenvalue weighted by atomic mass is 10.1. The van der Waals surface area contributed by atoms with Crippen LogP contribution in [0.4, 0.5) is 0 Å². The van der Waals surface area contributed by atoms with Gasteiger partial charge in [-0.25, -0.2) is 0 Å². The number of morpholine rings is 1. The minimum Gasteiger partial charge on any atom is -0.483 e. The Balaban J connectivity index is 1.42. The van der Waals surface area contributed by atoms with Crippen molar-refractivity contribution in [1.29, 1.82) is 0 Å². The van der Waals surface area contributed by atoms with Gasteiger partial charge in [-0.3, -0.25) is 24.6 Å². The number of likely N-dealkylation sites (N-methyl/N-ethyl adjacent to an activating group) is 1. The molecule has 33 heavy (non-hydrogen) atoms. The SMILES string of the molecule is CN(CCc1ccccn1)C(=O)COc1ccc(-c2cnccn2)cc1CN1CCOCC1. The Morgan fingerprint density at radius 1 is 1.12 bits per heavy atom. The maximum Gasteiger partial charge on any atom is 0.260 e. The Morgan fingerprint density at radius 2 is 2.00 bits per heavy atom. The van der Waals surface area contributed by atoms with E-state index in [1.807, 2.05) is 30.3 Å². The average molecular weight is 448 g/mol. The third-order valence-electron chi connectivity index (χ3n) is 5.62. The summed E-state index contributed by atoms with van der Waals surface area (Å²) in [5.41, 5.74) is 3.75. The van der Waals surface area contributed by atoms with Crippen LogP contribution in [0.25, 0.3) is 11.3 Å². The average Bonchev–Trinajstić information content (AvgIpc) is 2.88. The van der Waals surface area contributed by atoms with Crippen molar-refractivity contribution < 1.29 is 14.3 Å². The highest BCUT2D eigenvalue weighted by atomic mass is 16.5. The van der Waals surface area contributed by atoms with Crippen LogP contribution < -0.4 is 4.74 Å². The number of carbonyl (C=O) groups excluding carboxylic acids is 1. The second kappa shape index (κ2) is 11.5. The lowest BCUT2D eigenvalue weighted by Gasteiger charge is -2.27. The molecule has 0 spiro atoms. The van der Waals surface area contributed by atoms with Crippen LogP contribution in [0.2, 0.25) is 0 Å². The predicted molar refractivity (Wildman–Crippen MR) is 125 cm³/mol. The van der Waals surface area contributed by atoms with Crippen LogP contribution >= 0.6 is 0 Å². The second-order valence-electron chi connectivity index (χ2n) is 7.98. The van der Waals surface area contributed by atoms with Gasteiger partial charge in [0, 0.05) is 75.1 Å². The summed E-state index contributed by atoms with van der Waals surface area (Å²) in [6.07, 6.45) is 7.56. The number of benzene rings is 1. The highest BCUT2D eigenvalue weighted by molar-refractivity contribution is 5.77. The molecule has 0 N–H and O–H groups in total. The number of rotatable bonds is 9. The fourth-order valence-electron chi connectivity index (χ4n) is 3.65. The molecule has 1 saturated heterocycles. The maximum absolute atomic E-state index is 12.7. The molecule has 172 valence electrons. The third-order valence-corrected chi connectivity index (χ3v) is 5.62. The van der Waals surface area contributed by atoms with E-state index < -0.39 is 0 Å². The molecule has 4 rings (SSSR count). The summed E-state index contributed by atoms with van der Waals surface area (Å²) in [6, 6.07) is 11.7. The van der Waals surface area contributed by atoms with Crippen LogP contribution in [-0.2, 0) is 22.5 Å². The van der Waals surface area contributed by atoms with Gasteiger partial charge < -0.3 is 14.4 Å². The van der Waals surface area contributed by atoms with Crippen LogP contribution in [0.15, 0.2) is 61.2 Å². The quantitative estimate of drug-likeness (QED) is 0.498. The lowest BCUT2D eigenvalue weighted by Crippen LogP contribution is -2.36. The van der Waals surface area contributed by atoms with Crippen molar-refractivity contribution in [2.75, 3.05) is 46.5 Å². The molecule has 1 amide bonds. The molecular weight excluding hydrogens is 418 g/mol. The van der Waals surface area contributed by atoms with E-state index in [1.165, 1.54) is 0 Å². The zero-order valence-corrected chi connectivity index (χ0v) is 18.9. The van der Waals surface area contributed by atoms with E-state index in [2.05, 4.69) is 25.9 Å². The van der Waals surface area contributed by atoms with Crippen LogP contribution in [0.1, 0.15) is 11.3 Å². The first kappa shape index (κ1) is 22.8. The summed E-state index contributed by atoms with van der Waals surface area (Å²) >= 11 is 0. The Kier molecular flexibility index (Phi) is 7.94. The van der Waals surface area contributed by atoms with E-state index in [4.69, 9.17) is 9.47 Å². The van der Waals surface area contributed by atoms with Crippen LogP contribution in [0.5, 0.6) is 5.75 Å². The molecule has 0 bridgehead atoms. The Bertz CT molecular complexity index is 1030. The molecule has 0 radical (unpaired) electrons. The number of hydrogen-bond donors (Lipinski definition) is 0. The van der Waals surface area contributed by atoms with Gasteiger partial charge >= 0.3 is 0 Å². The number of nitrogens with zero attached hydrogens (tertiary/aromatic N) is 5. The standard InChI is InChI=1S/C25H29N5O3/c1-29(11-7-22-4-2-3-8-27-22)25(31)19-33-24-6-5-20(23-17-26-9-10-28-23)16-21(24)18-30-12-14-32-15-13-30/h2-6,8-10,16-17H,7,11-15,18-19H2,1H3. The molecule has 0 saturated carbocycles. The summed E-state index contributed by atoms with van der Waals surface area (Å²) in [7, 11) is 1.79. The van der Waals surface area contributed by atoms with Crippen molar-refractivity contribution >= 4 is 5.91 Å². The Morgan fingerprint density at radius 3 is 2.76 bits per heavy atom. The molecule has 1 aliphatic rings. The first-order valence-electron chi connectivity index (χ1n) is 11.1.